The van der Waals surface area contributed by atoms with Crippen LogP contribution in [-0.2, 0) is 9.53 Å². The molecule has 2 heterocycles. The van der Waals surface area contributed by atoms with Crippen LogP contribution < -0.4 is 4.74 Å². The van der Waals surface area contributed by atoms with Gasteiger partial charge in [-0.05, 0) is 6.42 Å². The van der Waals surface area contributed by atoms with Crippen LogP contribution in [0.1, 0.15) is 6.42 Å². The van der Waals surface area contributed by atoms with Gasteiger partial charge in [-0.15, -0.1) is 0 Å². The minimum absolute atomic E-state index is 0.0488. The smallest absolute Gasteiger partial charge is 0.248 e. The van der Waals surface area contributed by atoms with Crippen molar-refractivity contribution in [2.24, 2.45) is 0 Å². The van der Waals surface area contributed by atoms with Crippen LogP contribution in [-0.4, -0.2) is 48.7 Å². The lowest BCUT2D eigenvalue weighted by molar-refractivity contribution is -0.142. The molecule has 0 N–H and O–H groups in total. The molecule has 1 saturated heterocycles. The molecule has 19 heavy (non-hydrogen) atoms. The molecule has 1 aromatic rings. The number of hydrogen-bond acceptors (Lipinski definition) is 4. The normalized spacial score (nSPS) is 15.7. The lowest BCUT2D eigenvalue weighted by atomic mass is 10.3. The highest BCUT2D eigenvalue weighted by molar-refractivity contribution is 5.77. The Morgan fingerprint density at radius 3 is 2.79 bits per heavy atom. The Morgan fingerprint density at radius 2 is 2.11 bits per heavy atom. The third-order valence-electron chi connectivity index (χ3n) is 2.66. The summed E-state index contributed by atoms with van der Waals surface area (Å²) in [4.78, 5) is 16.0. The molecule has 0 unspecified atom stereocenters. The summed E-state index contributed by atoms with van der Waals surface area (Å²) < 4.78 is 35.8. The van der Waals surface area contributed by atoms with Crippen LogP contribution in [0.3, 0.4) is 0 Å². The minimum Gasteiger partial charge on any atom is -0.493 e. The van der Waals surface area contributed by atoms with Crippen LogP contribution >= 0.6 is 0 Å². The number of aromatic nitrogens is 1. The highest BCUT2D eigenvalue weighted by Gasteiger charge is 2.17. The van der Waals surface area contributed by atoms with Crippen LogP contribution in [0.4, 0.5) is 8.78 Å². The lowest BCUT2D eigenvalue weighted by Crippen LogP contribution is -2.42. The number of morpholine rings is 1. The number of hydrogen-bond donors (Lipinski definition) is 0. The quantitative estimate of drug-likeness (QED) is 0.592. The fourth-order valence-corrected chi connectivity index (χ4v) is 1.76. The summed E-state index contributed by atoms with van der Waals surface area (Å²) in [5.41, 5.74) is 0. The van der Waals surface area contributed by atoms with Crippen LogP contribution in [0.25, 0.3) is 0 Å². The van der Waals surface area contributed by atoms with E-state index in [1.807, 2.05) is 0 Å². The van der Waals surface area contributed by atoms with Crippen molar-refractivity contribution in [3.8, 4) is 5.75 Å². The number of rotatable bonds is 5. The summed E-state index contributed by atoms with van der Waals surface area (Å²) in [6, 6.07) is 2.03. The van der Waals surface area contributed by atoms with Crippen molar-refractivity contribution < 1.29 is 23.0 Å². The maximum atomic E-state index is 12.8. The molecule has 1 amide bonds. The summed E-state index contributed by atoms with van der Waals surface area (Å²) in [5.74, 6) is -1.79. The molecular weight excluding hydrogens is 258 g/mol. The van der Waals surface area contributed by atoms with Crippen molar-refractivity contribution in [2.45, 2.75) is 6.42 Å². The molecule has 1 aliphatic rings. The van der Waals surface area contributed by atoms with E-state index in [-0.39, 0.29) is 24.9 Å². The van der Waals surface area contributed by atoms with Gasteiger partial charge in [0.05, 0.1) is 13.2 Å². The molecule has 1 aliphatic heterocycles. The number of carbonyl (C=O) groups is 1. The SMILES string of the molecule is O=C1COCCN1CCCOc1cc(F)nc(F)c1. The Morgan fingerprint density at radius 1 is 1.37 bits per heavy atom. The predicted octanol–water partition coefficient (Wildman–Crippen LogP) is 0.987. The molecule has 0 radical (unpaired) electrons. The molecule has 0 aliphatic carbocycles. The number of ether oxygens (including phenoxy) is 2. The first-order chi connectivity index (χ1) is 9.15. The summed E-state index contributed by atoms with van der Waals surface area (Å²) in [7, 11) is 0. The minimum atomic E-state index is -0.918. The zero-order valence-electron chi connectivity index (χ0n) is 10.3. The van der Waals surface area contributed by atoms with E-state index in [0.29, 0.717) is 26.1 Å². The topological polar surface area (TPSA) is 51.7 Å². The van der Waals surface area contributed by atoms with Gasteiger partial charge < -0.3 is 14.4 Å². The summed E-state index contributed by atoms with van der Waals surface area (Å²) in [5, 5.41) is 0. The van der Waals surface area contributed by atoms with Gasteiger partial charge in [-0.25, -0.2) is 0 Å². The maximum absolute atomic E-state index is 12.8. The van der Waals surface area contributed by atoms with Gasteiger partial charge in [0, 0.05) is 25.2 Å². The molecule has 5 nitrogen and oxygen atoms in total. The average Bonchev–Trinajstić information content (AvgIpc) is 2.35. The van der Waals surface area contributed by atoms with Crippen molar-refractivity contribution in [1.82, 2.24) is 9.88 Å². The van der Waals surface area contributed by atoms with E-state index in [1.165, 1.54) is 0 Å². The first-order valence-corrected chi connectivity index (χ1v) is 5.96. The Labute approximate surface area is 109 Å². The van der Waals surface area contributed by atoms with Crippen LogP contribution in [0.15, 0.2) is 12.1 Å². The second-order valence-electron chi connectivity index (χ2n) is 4.08. The van der Waals surface area contributed by atoms with Crippen LogP contribution in [0, 0.1) is 11.9 Å². The first-order valence-electron chi connectivity index (χ1n) is 5.96. The van der Waals surface area contributed by atoms with Crippen LogP contribution in [0.5, 0.6) is 5.75 Å². The standard InChI is InChI=1S/C12H14F2N2O3/c13-10-6-9(7-11(14)15-10)19-4-1-2-16-3-5-18-8-12(16)17/h6-7H,1-5,8H2. The fraction of sp³-hybridized carbons (Fsp3) is 0.500. The molecular formula is C12H14F2N2O3. The second kappa shape index (κ2) is 6.42. The van der Waals surface area contributed by atoms with E-state index in [2.05, 4.69) is 4.98 Å². The van der Waals surface area contributed by atoms with E-state index in [4.69, 9.17) is 9.47 Å². The highest BCUT2D eigenvalue weighted by atomic mass is 19.1. The Hall–Kier alpha value is -1.76. The number of nitrogens with zero attached hydrogens (tertiary/aromatic N) is 2. The molecule has 0 spiro atoms. The summed E-state index contributed by atoms with van der Waals surface area (Å²) in [6.07, 6.45) is 0.581. The maximum Gasteiger partial charge on any atom is 0.248 e. The van der Waals surface area contributed by atoms with Crippen molar-refractivity contribution in [1.29, 1.82) is 0 Å². The molecule has 0 bridgehead atoms. The molecule has 2 rings (SSSR count). The van der Waals surface area contributed by atoms with Gasteiger partial charge in [-0.1, -0.05) is 0 Å². The Balaban J connectivity index is 1.72. The van der Waals surface area contributed by atoms with Crippen molar-refractivity contribution in [3.63, 3.8) is 0 Å². The van der Waals surface area contributed by atoms with Crippen LogP contribution in [0.2, 0.25) is 0 Å². The third-order valence-corrected chi connectivity index (χ3v) is 2.66. The Bertz CT molecular complexity index is 436. The van der Waals surface area contributed by atoms with E-state index < -0.39 is 11.9 Å². The largest absolute Gasteiger partial charge is 0.493 e. The number of carbonyl (C=O) groups excluding carboxylic acids is 1. The summed E-state index contributed by atoms with van der Waals surface area (Å²) >= 11 is 0. The lowest BCUT2D eigenvalue weighted by Gasteiger charge is -2.26. The molecule has 0 atom stereocenters. The molecule has 0 saturated carbocycles. The van der Waals surface area contributed by atoms with Crippen molar-refractivity contribution in [3.05, 3.63) is 24.0 Å². The molecule has 1 aromatic heterocycles. The Kier molecular flexibility index (Phi) is 4.62. The van der Waals surface area contributed by atoms with E-state index in [9.17, 15) is 13.6 Å². The zero-order valence-corrected chi connectivity index (χ0v) is 10.3. The zero-order chi connectivity index (χ0) is 13.7. The number of pyridine rings is 1. The van der Waals surface area contributed by atoms with E-state index >= 15 is 0 Å². The predicted molar refractivity (Wildman–Crippen MR) is 61.7 cm³/mol. The highest BCUT2D eigenvalue weighted by Crippen LogP contribution is 2.13. The first kappa shape index (κ1) is 13.7. The van der Waals surface area contributed by atoms with Gasteiger partial charge in [-0.2, -0.15) is 13.8 Å². The van der Waals surface area contributed by atoms with Gasteiger partial charge in [0.15, 0.2) is 0 Å². The van der Waals surface area contributed by atoms with Gasteiger partial charge >= 0.3 is 0 Å². The van der Waals surface area contributed by atoms with E-state index in [0.717, 1.165) is 12.1 Å². The monoisotopic (exact) mass is 272 g/mol. The molecule has 7 heteroatoms. The molecule has 104 valence electrons. The van der Waals surface area contributed by atoms with Gasteiger partial charge in [0.2, 0.25) is 17.8 Å². The third kappa shape index (κ3) is 4.13. The fourth-order valence-electron chi connectivity index (χ4n) is 1.76. The van der Waals surface area contributed by atoms with Crippen molar-refractivity contribution >= 4 is 5.91 Å². The summed E-state index contributed by atoms with van der Waals surface area (Å²) in [6.45, 7) is 2.03. The molecule has 0 aromatic carbocycles. The number of halogens is 2. The van der Waals surface area contributed by atoms with E-state index in [1.54, 1.807) is 4.90 Å². The number of amides is 1. The molecule has 1 fully saturated rings. The average molecular weight is 272 g/mol. The van der Waals surface area contributed by atoms with Crippen molar-refractivity contribution in [2.75, 3.05) is 32.9 Å². The second-order valence-corrected chi connectivity index (χ2v) is 4.08. The van der Waals surface area contributed by atoms with Gasteiger partial charge in [-0.3, -0.25) is 4.79 Å². The van der Waals surface area contributed by atoms with Gasteiger partial charge in [0.1, 0.15) is 12.4 Å². The van der Waals surface area contributed by atoms with Gasteiger partial charge in [0.25, 0.3) is 0 Å².